The topological polar surface area (TPSA) is 58.6 Å². The highest BCUT2D eigenvalue weighted by Gasteiger charge is 2.35. The van der Waals surface area contributed by atoms with E-state index in [1.165, 1.54) is 30.2 Å². The summed E-state index contributed by atoms with van der Waals surface area (Å²) < 4.78 is 18.9. The molecule has 1 N–H and O–H groups in total. The zero-order chi connectivity index (χ0) is 14.0. The number of hydrogen-bond acceptors (Lipinski definition) is 3. The van der Waals surface area contributed by atoms with E-state index in [2.05, 4.69) is 5.32 Å². The Balaban J connectivity index is 2.47. The Hall–Kier alpha value is -2.11. The van der Waals surface area contributed by atoms with Crippen LogP contribution in [0.1, 0.15) is 13.3 Å². The van der Waals surface area contributed by atoms with Gasteiger partial charge in [-0.15, -0.1) is 0 Å². The second-order valence-corrected chi connectivity index (χ2v) is 4.22. The average Bonchev–Trinajstić information content (AvgIpc) is 2.42. The number of halogens is 1. The van der Waals surface area contributed by atoms with Crippen molar-refractivity contribution in [1.29, 1.82) is 0 Å². The number of hydrogen-bond donors (Lipinski definition) is 1. The molecule has 6 heteroatoms. The minimum Gasteiger partial charge on any atom is -0.497 e. The molecule has 1 aromatic rings. The third-order valence-electron chi connectivity index (χ3n) is 3.10. The lowest BCUT2D eigenvalue weighted by atomic mass is 10.1. The molecule has 1 aliphatic heterocycles. The van der Waals surface area contributed by atoms with Gasteiger partial charge in [0.15, 0.2) is 0 Å². The molecule has 0 aromatic heterocycles. The fourth-order valence-electron chi connectivity index (χ4n) is 2.13. The smallest absolute Gasteiger partial charge is 0.247 e. The number of methoxy groups -OCH3 is 1. The van der Waals surface area contributed by atoms with Gasteiger partial charge in [-0.1, -0.05) is 6.92 Å². The van der Waals surface area contributed by atoms with E-state index in [9.17, 15) is 14.0 Å². The van der Waals surface area contributed by atoms with Gasteiger partial charge in [0.25, 0.3) is 0 Å². The van der Waals surface area contributed by atoms with Crippen molar-refractivity contribution in [3.05, 3.63) is 24.0 Å². The maximum Gasteiger partial charge on any atom is 0.247 e. The second-order valence-electron chi connectivity index (χ2n) is 4.22. The molecule has 2 amide bonds. The Labute approximate surface area is 110 Å². The van der Waals surface area contributed by atoms with Crippen molar-refractivity contribution in [2.45, 2.75) is 19.4 Å². The molecule has 0 spiro atoms. The number of nitrogens with one attached hydrogen (secondary N) is 1. The Kier molecular flexibility index (Phi) is 3.69. The highest BCUT2D eigenvalue weighted by atomic mass is 19.1. The molecule has 5 nitrogen and oxygen atoms in total. The van der Waals surface area contributed by atoms with Crippen molar-refractivity contribution in [2.24, 2.45) is 0 Å². The summed E-state index contributed by atoms with van der Waals surface area (Å²) in [7, 11) is 1.46. The first-order valence-electron chi connectivity index (χ1n) is 6.01. The number of anilines is 1. The molecule has 1 saturated heterocycles. The van der Waals surface area contributed by atoms with E-state index in [0.717, 1.165) is 0 Å². The number of carbonyl (C=O) groups is 2. The number of carbonyl (C=O) groups excluding carboxylic acids is 2. The number of benzene rings is 1. The first kappa shape index (κ1) is 13.3. The molecule has 102 valence electrons. The molecule has 1 aromatic carbocycles. The van der Waals surface area contributed by atoms with Crippen LogP contribution in [0.3, 0.4) is 0 Å². The van der Waals surface area contributed by atoms with Gasteiger partial charge in [0.1, 0.15) is 17.6 Å². The zero-order valence-electron chi connectivity index (χ0n) is 10.8. The monoisotopic (exact) mass is 266 g/mol. The molecule has 1 heterocycles. The highest BCUT2D eigenvalue weighted by Crippen LogP contribution is 2.28. The highest BCUT2D eigenvalue weighted by molar-refractivity contribution is 6.06. The Morgan fingerprint density at radius 1 is 1.47 bits per heavy atom. The maximum absolute atomic E-state index is 13.9. The normalized spacial score (nSPS) is 19.3. The van der Waals surface area contributed by atoms with Gasteiger partial charge >= 0.3 is 0 Å². The standard InChI is InChI=1S/C13H15FN2O3/c1-3-10-13(18)15-7-12(17)16(10)11-6-8(19-2)4-5-9(11)14/h4-6,10H,3,7H2,1-2H3,(H,15,18). The average molecular weight is 266 g/mol. The van der Waals surface area contributed by atoms with Crippen LogP contribution in [0.5, 0.6) is 5.75 Å². The van der Waals surface area contributed by atoms with Crippen molar-refractivity contribution in [2.75, 3.05) is 18.6 Å². The lowest BCUT2D eigenvalue weighted by Crippen LogP contribution is -2.58. The molecule has 19 heavy (non-hydrogen) atoms. The van der Waals surface area contributed by atoms with Gasteiger partial charge in [0.2, 0.25) is 11.8 Å². The second kappa shape index (κ2) is 5.26. The lowest BCUT2D eigenvalue weighted by Gasteiger charge is -2.34. The van der Waals surface area contributed by atoms with E-state index in [1.807, 2.05) is 0 Å². The Bertz CT molecular complexity index is 519. The summed E-state index contributed by atoms with van der Waals surface area (Å²) >= 11 is 0. The molecular weight excluding hydrogens is 251 g/mol. The van der Waals surface area contributed by atoms with Gasteiger partial charge in [0, 0.05) is 6.07 Å². The fraction of sp³-hybridized carbons (Fsp3) is 0.385. The van der Waals surface area contributed by atoms with Crippen LogP contribution in [-0.4, -0.2) is 31.5 Å². The lowest BCUT2D eigenvalue weighted by molar-refractivity contribution is -0.131. The number of amides is 2. The first-order chi connectivity index (χ1) is 9.08. The molecule has 0 saturated carbocycles. The summed E-state index contributed by atoms with van der Waals surface area (Å²) in [5.74, 6) is -0.727. The van der Waals surface area contributed by atoms with E-state index < -0.39 is 11.9 Å². The van der Waals surface area contributed by atoms with Gasteiger partial charge < -0.3 is 10.1 Å². The quantitative estimate of drug-likeness (QED) is 0.890. The molecule has 1 atom stereocenters. The summed E-state index contributed by atoms with van der Waals surface area (Å²) in [4.78, 5) is 24.9. The van der Waals surface area contributed by atoms with E-state index in [4.69, 9.17) is 4.74 Å². The van der Waals surface area contributed by atoms with Crippen LogP contribution in [0, 0.1) is 5.82 Å². The summed E-state index contributed by atoms with van der Waals surface area (Å²) in [5.41, 5.74) is 0.0750. The van der Waals surface area contributed by atoms with Gasteiger partial charge in [-0.25, -0.2) is 4.39 Å². The number of rotatable bonds is 3. The molecular formula is C13H15FN2O3. The molecule has 1 unspecified atom stereocenters. The summed E-state index contributed by atoms with van der Waals surface area (Å²) in [5, 5.41) is 2.50. The third-order valence-corrected chi connectivity index (χ3v) is 3.10. The van der Waals surface area contributed by atoms with E-state index in [-0.39, 0.29) is 24.0 Å². The molecule has 1 aliphatic rings. The van der Waals surface area contributed by atoms with Crippen LogP contribution in [0.4, 0.5) is 10.1 Å². The van der Waals surface area contributed by atoms with Crippen LogP contribution < -0.4 is 15.0 Å². The SMILES string of the molecule is CCC1C(=O)NCC(=O)N1c1cc(OC)ccc1F. The van der Waals surface area contributed by atoms with Gasteiger partial charge in [-0.05, 0) is 18.6 Å². The first-order valence-corrected chi connectivity index (χ1v) is 6.01. The zero-order valence-corrected chi connectivity index (χ0v) is 10.8. The van der Waals surface area contributed by atoms with Gasteiger partial charge in [0.05, 0.1) is 19.3 Å². The molecule has 0 aliphatic carbocycles. The van der Waals surface area contributed by atoms with E-state index in [0.29, 0.717) is 12.2 Å². The molecule has 2 rings (SSSR count). The van der Waals surface area contributed by atoms with Gasteiger partial charge in [-0.2, -0.15) is 0 Å². The largest absolute Gasteiger partial charge is 0.497 e. The number of piperazine rings is 1. The summed E-state index contributed by atoms with van der Waals surface area (Å²) in [6.07, 6.45) is 0.411. The maximum atomic E-state index is 13.9. The Morgan fingerprint density at radius 3 is 2.84 bits per heavy atom. The van der Waals surface area contributed by atoms with Crippen LogP contribution in [0.25, 0.3) is 0 Å². The molecule has 0 bridgehead atoms. The van der Waals surface area contributed by atoms with Crippen molar-refractivity contribution in [1.82, 2.24) is 5.32 Å². The number of ether oxygens (including phenoxy) is 1. The van der Waals surface area contributed by atoms with Crippen molar-refractivity contribution in [3.63, 3.8) is 0 Å². The van der Waals surface area contributed by atoms with Gasteiger partial charge in [-0.3, -0.25) is 14.5 Å². The van der Waals surface area contributed by atoms with E-state index >= 15 is 0 Å². The third kappa shape index (κ3) is 2.38. The van der Waals surface area contributed by atoms with Crippen LogP contribution in [-0.2, 0) is 9.59 Å². The minimum absolute atomic E-state index is 0.0750. The molecule has 0 radical (unpaired) electrons. The Morgan fingerprint density at radius 2 is 2.21 bits per heavy atom. The minimum atomic E-state index is -0.692. The van der Waals surface area contributed by atoms with Crippen molar-refractivity contribution in [3.8, 4) is 5.75 Å². The molecule has 1 fully saturated rings. The summed E-state index contributed by atoms with van der Waals surface area (Å²) in [6, 6.07) is 3.42. The predicted molar refractivity (Wildman–Crippen MR) is 67.5 cm³/mol. The van der Waals surface area contributed by atoms with Crippen molar-refractivity contribution < 1.29 is 18.7 Å². The predicted octanol–water partition coefficient (Wildman–Crippen LogP) is 1.08. The van der Waals surface area contributed by atoms with Crippen LogP contribution in [0.15, 0.2) is 18.2 Å². The number of nitrogens with zero attached hydrogens (tertiary/aromatic N) is 1. The van der Waals surface area contributed by atoms with E-state index in [1.54, 1.807) is 6.92 Å². The van der Waals surface area contributed by atoms with Crippen LogP contribution >= 0.6 is 0 Å². The van der Waals surface area contributed by atoms with Crippen molar-refractivity contribution >= 4 is 17.5 Å². The van der Waals surface area contributed by atoms with Crippen LogP contribution in [0.2, 0.25) is 0 Å². The fourth-order valence-corrected chi connectivity index (χ4v) is 2.13. The summed E-state index contributed by atoms with van der Waals surface area (Å²) in [6.45, 7) is 1.65.